The summed E-state index contributed by atoms with van der Waals surface area (Å²) in [6.45, 7) is 0.166. The van der Waals surface area contributed by atoms with Gasteiger partial charge < -0.3 is 4.57 Å². The summed E-state index contributed by atoms with van der Waals surface area (Å²) in [6, 6.07) is 3.51. The molecule has 2 heterocycles. The molecule has 0 amide bonds. The number of aromatic amines is 1. The van der Waals surface area contributed by atoms with E-state index in [0.29, 0.717) is 16.2 Å². The molecule has 0 aliphatic carbocycles. The molecule has 0 atom stereocenters. The summed E-state index contributed by atoms with van der Waals surface area (Å²) in [4.78, 5) is 3.95. The van der Waals surface area contributed by atoms with Crippen LogP contribution in [0, 0.1) is 4.77 Å². The average Bonchev–Trinajstić information content (AvgIpc) is 2.71. The van der Waals surface area contributed by atoms with Crippen LogP contribution >= 0.6 is 12.2 Å². The SMILES string of the molecule is FC(F)(F)CCCn1c(-c2cccnc2)n[nH]c1=S. The molecule has 0 aliphatic rings. The maximum Gasteiger partial charge on any atom is 0.389 e. The summed E-state index contributed by atoms with van der Waals surface area (Å²) in [5.41, 5.74) is 0.710. The van der Waals surface area contributed by atoms with Crippen molar-refractivity contribution in [2.24, 2.45) is 0 Å². The van der Waals surface area contributed by atoms with Crippen LogP contribution in [0.3, 0.4) is 0 Å². The van der Waals surface area contributed by atoms with Crippen LogP contribution < -0.4 is 0 Å². The summed E-state index contributed by atoms with van der Waals surface area (Å²) >= 11 is 5.02. The van der Waals surface area contributed by atoms with Gasteiger partial charge in [-0.05, 0) is 30.8 Å². The first-order valence-corrected chi connectivity index (χ1v) is 6.00. The Bertz CT molecular complexity index is 588. The third kappa shape index (κ3) is 3.63. The second-order valence-corrected chi connectivity index (χ2v) is 4.35. The van der Waals surface area contributed by atoms with Gasteiger partial charge in [-0.2, -0.15) is 18.3 Å². The molecular weight excluding hydrogens is 277 g/mol. The van der Waals surface area contributed by atoms with Gasteiger partial charge in [0.05, 0.1) is 0 Å². The first-order chi connectivity index (χ1) is 8.97. The molecule has 4 nitrogen and oxygen atoms in total. The van der Waals surface area contributed by atoms with Crippen LogP contribution in [0.5, 0.6) is 0 Å². The average molecular weight is 288 g/mol. The quantitative estimate of drug-likeness (QED) is 0.878. The predicted octanol–water partition coefficient (Wildman–Crippen LogP) is 3.35. The highest BCUT2D eigenvalue weighted by Crippen LogP contribution is 2.23. The maximum absolute atomic E-state index is 12.1. The summed E-state index contributed by atoms with van der Waals surface area (Å²) < 4.78 is 38.3. The van der Waals surface area contributed by atoms with Crippen molar-refractivity contribution in [1.82, 2.24) is 19.7 Å². The lowest BCUT2D eigenvalue weighted by molar-refractivity contribution is -0.135. The van der Waals surface area contributed by atoms with Gasteiger partial charge in [0.2, 0.25) is 0 Å². The molecule has 0 aromatic carbocycles. The number of alkyl halides is 3. The van der Waals surface area contributed by atoms with E-state index in [-0.39, 0.29) is 13.0 Å². The Morgan fingerprint density at radius 1 is 1.37 bits per heavy atom. The Labute approximate surface area is 112 Å². The monoisotopic (exact) mass is 288 g/mol. The molecule has 1 N–H and O–H groups in total. The molecule has 8 heteroatoms. The van der Waals surface area contributed by atoms with Crippen molar-refractivity contribution in [2.75, 3.05) is 0 Å². The van der Waals surface area contributed by atoms with Gasteiger partial charge in [-0.1, -0.05) is 0 Å². The van der Waals surface area contributed by atoms with Gasteiger partial charge in [-0.25, -0.2) is 0 Å². The van der Waals surface area contributed by atoms with E-state index >= 15 is 0 Å². The molecule has 0 bridgehead atoms. The number of hydrogen-bond donors (Lipinski definition) is 1. The van der Waals surface area contributed by atoms with Crippen LogP contribution in [0.1, 0.15) is 12.8 Å². The lowest BCUT2D eigenvalue weighted by Crippen LogP contribution is -2.10. The minimum Gasteiger partial charge on any atom is -0.300 e. The van der Waals surface area contributed by atoms with Gasteiger partial charge >= 0.3 is 6.18 Å². The molecular formula is C11H11F3N4S. The zero-order valence-electron chi connectivity index (χ0n) is 9.81. The van der Waals surface area contributed by atoms with Gasteiger partial charge in [-0.15, -0.1) is 0 Å². The van der Waals surface area contributed by atoms with Crippen LogP contribution in [0.15, 0.2) is 24.5 Å². The van der Waals surface area contributed by atoms with E-state index in [9.17, 15) is 13.2 Å². The first-order valence-electron chi connectivity index (χ1n) is 5.60. The van der Waals surface area contributed by atoms with Crippen molar-refractivity contribution in [3.8, 4) is 11.4 Å². The molecule has 0 spiro atoms. The van der Waals surface area contributed by atoms with E-state index in [1.165, 1.54) is 0 Å². The van der Waals surface area contributed by atoms with Crippen LogP contribution in [-0.2, 0) is 6.54 Å². The zero-order valence-corrected chi connectivity index (χ0v) is 10.6. The van der Waals surface area contributed by atoms with Crippen molar-refractivity contribution in [3.05, 3.63) is 29.3 Å². The second-order valence-electron chi connectivity index (χ2n) is 3.96. The smallest absolute Gasteiger partial charge is 0.300 e. The second kappa shape index (κ2) is 5.52. The molecule has 0 saturated heterocycles. The fraction of sp³-hybridized carbons (Fsp3) is 0.364. The highest BCUT2D eigenvalue weighted by Gasteiger charge is 2.26. The molecule has 0 unspecified atom stereocenters. The number of hydrogen-bond acceptors (Lipinski definition) is 3. The maximum atomic E-state index is 12.1. The van der Waals surface area contributed by atoms with Crippen molar-refractivity contribution in [2.45, 2.75) is 25.6 Å². The Kier molecular flexibility index (Phi) is 3.98. The number of nitrogens with one attached hydrogen (secondary N) is 1. The van der Waals surface area contributed by atoms with Gasteiger partial charge in [-0.3, -0.25) is 10.1 Å². The summed E-state index contributed by atoms with van der Waals surface area (Å²) in [5, 5.41) is 6.62. The van der Waals surface area contributed by atoms with Gasteiger partial charge in [0, 0.05) is 30.9 Å². The number of rotatable bonds is 4. The van der Waals surface area contributed by atoms with Crippen molar-refractivity contribution in [1.29, 1.82) is 0 Å². The van der Waals surface area contributed by atoms with E-state index in [1.807, 2.05) is 0 Å². The normalized spacial score (nSPS) is 11.7. The highest BCUT2D eigenvalue weighted by atomic mass is 32.1. The fourth-order valence-electron chi connectivity index (χ4n) is 1.68. The minimum absolute atomic E-state index is 0.0371. The zero-order chi connectivity index (χ0) is 13.9. The summed E-state index contributed by atoms with van der Waals surface area (Å²) in [5.74, 6) is 0.500. The van der Waals surface area contributed by atoms with Crippen LogP contribution in [-0.4, -0.2) is 25.9 Å². The molecule has 0 radical (unpaired) electrons. The third-order valence-electron chi connectivity index (χ3n) is 2.52. The van der Waals surface area contributed by atoms with Gasteiger partial charge in [0.25, 0.3) is 0 Å². The third-order valence-corrected chi connectivity index (χ3v) is 2.83. The van der Waals surface area contributed by atoms with E-state index in [4.69, 9.17) is 12.2 Å². The molecule has 19 heavy (non-hydrogen) atoms. The minimum atomic E-state index is -4.15. The first kappa shape index (κ1) is 13.7. The predicted molar refractivity (Wildman–Crippen MR) is 65.9 cm³/mol. The van der Waals surface area contributed by atoms with Crippen molar-refractivity contribution in [3.63, 3.8) is 0 Å². The molecule has 2 rings (SSSR count). The lowest BCUT2D eigenvalue weighted by atomic mass is 10.2. The summed E-state index contributed by atoms with van der Waals surface area (Å²) in [6.07, 6.45) is -1.83. The number of H-pyrrole nitrogens is 1. The number of halogens is 3. The Morgan fingerprint density at radius 2 is 2.16 bits per heavy atom. The molecule has 0 fully saturated rings. The lowest BCUT2D eigenvalue weighted by Gasteiger charge is -2.08. The number of pyridine rings is 1. The van der Waals surface area contributed by atoms with E-state index < -0.39 is 12.6 Å². The fourth-order valence-corrected chi connectivity index (χ4v) is 1.90. The molecule has 2 aromatic heterocycles. The molecule has 0 aliphatic heterocycles. The van der Waals surface area contributed by atoms with E-state index in [2.05, 4.69) is 15.2 Å². The Hall–Kier alpha value is -1.70. The van der Waals surface area contributed by atoms with Gasteiger partial charge in [0.1, 0.15) is 0 Å². The van der Waals surface area contributed by atoms with Crippen LogP contribution in [0.2, 0.25) is 0 Å². The Morgan fingerprint density at radius 3 is 2.79 bits per heavy atom. The topological polar surface area (TPSA) is 46.5 Å². The van der Waals surface area contributed by atoms with Crippen LogP contribution in [0.25, 0.3) is 11.4 Å². The molecule has 102 valence electrons. The largest absolute Gasteiger partial charge is 0.389 e. The van der Waals surface area contributed by atoms with Gasteiger partial charge in [0.15, 0.2) is 10.6 Å². The summed E-state index contributed by atoms with van der Waals surface area (Å²) in [7, 11) is 0. The van der Waals surface area contributed by atoms with Crippen LogP contribution in [0.4, 0.5) is 13.2 Å². The molecule has 2 aromatic rings. The standard InChI is InChI=1S/C11H11F3N4S/c12-11(13,14)4-2-6-18-9(16-17-10(18)19)8-3-1-5-15-7-8/h1,3,5,7H,2,4,6H2,(H,17,19). The number of nitrogens with zero attached hydrogens (tertiary/aromatic N) is 3. The van der Waals surface area contributed by atoms with E-state index in [1.54, 1.807) is 29.1 Å². The highest BCUT2D eigenvalue weighted by molar-refractivity contribution is 7.71. The number of aromatic nitrogens is 4. The van der Waals surface area contributed by atoms with Crippen molar-refractivity contribution >= 4 is 12.2 Å². The molecule has 0 saturated carbocycles. The van der Waals surface area contributed by atoms with Crippen molar-refractivity contribution < 1.29 is 13.2 Å². The van der Waals surface area contributed by atoms with E-state index in [0.717, 1.165) is 0 Å². The Balaban J connectivity index is 2.17.